The molecule has 1 heterocycles. The van der Waals surface area contributed by atoms with Crippen molar-refractivity contribution in [3.05, 3.63) is 21.9 Å². The second kappa shape index (κ2) is 6.14. The molecule has 1 aromatic heterocycles. The van der Waals surface area contributed by atoms with E-state index in [1.165, 1.54) is 11.3 Å². The molecule has 0 saturated carbocycles. The molecule has 0 amide bonds. The van der Waals surface area contributed by atoms with Gasteiger partial charge in [-0.2, -0.15) is 0 Å². The lowest BCUT2D eigenvalue weighted by atomic mass is 10.0. The number of aliphatic carboxylic acids is 1. The Kier molecular flexibility index (Phi) is 5.11. The number of hydrogen-bond donors (Lipinski definition) is 3. The zero-order chi connectivity index (χ0) is 12.9. The van der Waals surface area contributed by atoms with Crippen molar-refractivity contribution in [3.63, 3.8) is 0 Å². The van der Waals surface area contributed by atoms with Gasteiger partial charge in [-0.25, -0.2) is 0 Å². The van der Waals surface area contributed by atoms with E-state index < -0.39 is 5.97 Å². The van der Waals surface area contributed by atoms with Crippen molar-refractivity contribution in [3.8, 4) is 0 Å². The van der Waals surface area contributed by atoms with E-state index in [4.69, 9.17) is 10.2 Å². The lowest BCUT2D eigenvalue weighted by Crippen LogP contribution is -2.39. The van der Waals surface area contributed by atoms with Crippen molar-refractivity contribution < 1.29 is 15.0 Å². The predicted molar refractivity (Wildman–Crippen MR) is 68.3 cm³/mol. The zero-order valence-corrected chi connectivity index (χ0v) is 11.0. The standard InChI is InChI=1S/C12H19NO3S/c1-12(2,5-6-14)13-8-10-4-3-9(17-10)7-11(15)16/h3-4,13-14H,5-8H2,1-2H3,(H,15,16). The Labute approximate surface area is 105 Å². The van der Waals surface area contributed by atoms with Crippen LogP contribution in [-0.4, -0.2) is 28.3 Å². The monoisotopic (exact) mass is 257 g/mol. The van der Waals surface area contributed by atoms with Gasteiger partial charge in [-0.1, -0.05) is 0 Å². The van der Waals surface area contributed by atoms with Gasteiger partial charge in [0.25, 0.3) is 0 Å². The van der Waals surface area contributed by atoms with E-state index in [-0.39, 0.29) is 18.6 Å². The van der Waals surface area contributed by atoms with E-state index in [1.54, 1.807) is 0 Å². The number of nitrogens with one attached hydrogen (secondary N) is 1. The number of aliphatic hydroxyl groups excluding tert-OH is 1. The highest BCUT2D eigenvalue weighted by Crippen LogP contribution is 2.18. The van der Waals surface area contributed by atoms with Crippen molar-refractivity contribution in [2.45, 2.75) is 38.8 Å². The van der Waals surface area contributed by atoms with Crippen LogP contribution in [0.15, 0.2) is 12.1 Å². The average molecular weight is 257 g/mol. The molecule has 0 aliphatic heterocycles. The highest BCUT2D eigenvalue weighted by Gasteiger charge is 2.16. The summed E-state index contributed by atoms with van der Waals surface area (Å²) in [6.45, 7) is 4.94. The molecule has 0 aliphatic rings. The third kappa shape index (κ3) is 5.30. The van der Waals surface area contributed by atoms with Crippen LogP contribution in [0, 0.1) is 0 Å². The van der Waals surface area contributed by atoms with Crippen LogP contribution in [0.1, 0.15) is 30.0 Å². The van der Waals surface area contributed by atoms with Gasteiger partial charge in [0.15, 0.2) is 0 Å². The Bertz CT molecular complexity index is 374. The molecule has 0 spiro atoms. The van der Waals surface area contributed by atoms with Crippen LogP contribution < -0.4 is 5.32 Å². The molecule has 0 atom stereocenters. The van der Waals surface area contributed by atoms with Gasteiger partial charge in [-0.15, -0.1) is 11.3 Å². The average Bonchev–Trinajstić information content (AvgIpc) is 2.62. The summed E-state index contributed by atoms with van der Waals surface area (Å²) < 4.78 is 0. The number of thiophene rings is 1. The van der Waals surface area contributed by atoms with Crippen LogP contribution >= 0.6 is 11.3 Å². The highest BCUT2D eigenvalue weighted by atomic mass is 32.1. The van der Waals surface area contributed by atoms with Gasteiger partial charge in [-0.3, -0.25) is 4.79 Å². The lowest BCUT2D eigenvalue weighted by Gasteiger charge is -2.25. The van der Waals surface area contributed by atoms with E-state index >= 15 is 0 Å². The normalized spacial score (nSPS) is 11.7. The molecule has 0 aromatic carbocycles. The minimum absolute atomic E-state index is 0.0880. The van der Waals surface area contributed by atoms with Gasteiger partial charge in [0.1, 0.15) is 0 Å². The van der Waals surface area contributed by atoms with Crippen LogP contribution in [0.3, 0.4) is 0 Å². The first-order chi connectivity index (χ1) is 7.93. The molecular weight excluding hydrogens is 238 g/mol. The minimum Gasteiger partial charge on any atom is -0.481 e. The Balaban J connectivity index is 2.47. The van der Waals surface area contributed by atoms with E-state index in [9.17, 15) is 4.79 Å². The fourth-order valence-electron chi connectivity index (χ4n) is 1.46. The molecular formula is C12H19NO3S. The minimum atomic E-state index is -0.799. The Morgan fingerprint density at radius 1 is 1.41 bits per heavy atom. The molecule has 0 bridgehead atoms. The van der Waals surface area contributed by atoms with Crippen LogP contribution in [0.25, 0.3) is 0 Å². The largest absolute Gasteiger partial charge is 0.481 e. The molecule has 0 saturated heterocycles. The number of carboxylic acid groups (broad SMARTS) is 1. The number of aliphatic hydroxyl groups is 1. The quantitative estimate of drug-likeness (QED) is 0.694. The number of hydrogen-bond acceptors (Lipinski definition) is 4. The summed E-state index contributed by atoms with van der Waals surface area (Å²) in [5.41, 5.74) is -0.105. The number of rotatable bonds is 7. The molecule has 0 aliphatic carbocycles. The summed E-state index contributed by atoms with van der Waals surface area (Å²) in [6.07, 6.45) is 0.783. The zero-order valence-electron chi connectivity index (χ0n) is 10.2. The van der Waals surface area contributed by atoms with Gasteiger partial charge in [-0.05, 0) is 32.4 Å². The third-order valence-corrected chi connectivity index (χ3v) is 3.61. The Hall–Kier alpha value is -0.910. The van der Waals surface area contributed by atoms with Crippen molar-refractivity contribution in [1.82, 2.24) is 5.32 Å². The first-order valence-corrected chi connectivity index (χ1v) is 6.40. The van der Waals surface area contributed by atoms with E-state index in [0.29, 0.717) is 13.0 Å². The van der Waals surface area contributed by atoms with Crippen molar-refractivity contribution in [1.29, 1.82) is 0 Å². The van der Waals surface area contributed by atoms with Crippen molar-refractivity contribution in [2.75, 3.05) is 6.61 Å². The maximum atomic E-state index is 10.5. The molecule has 4 nitrogen and oxygen atoms in total. The molecule has 0 fully saturated rings. The van der Waals surface area contributed by atoms with Crippen LogP contribution in [0.2, 0.25) is 0 Å². The summed E-state index contributed by atoms with van der Waals surface area (Å²) in [5.74, 6) is -0.799. The molecule has 3 N–H and O–H groups in total. The second-order valence-corrected chi connectivity index (χ2v) is 5.90. The van der Waals surface area contributed by atoms with Crippen LogP contribution in [0.5, 0.6) is 0 Å². The number of carboxylic acids is 1. The SMILES string of the molecule is CC(C)(CCO)NCc1ccc(CC(=O)O)s1. The van der Waals surface area contributed by atoms with Crippen molar-refractivity contribution >= 4 is 17.3 Å². The van der Waals surface area contributed by atoms with Crippen molar-refractivity contribution in [2.24, 2.45) is 0 Å². The molecule has 5 heteroatoms. The molecule has 96 valence electrons. The van der Waals surface area contributed by atoms with Gasteiger partial charge >= 0.3 is 5.97 Å². The molecule has 1 rings (SSSR count). The second-order valence-electron chi connectivity index (χ2n) is 4.65. The highest BCUT2D eigenvalue weighted by molar-refractivity contribution is 7.12. The summed E-state index contributed by atoms with van der Waals surface area (Å²) in [7, 11) is 0. The molecule has 17 heavy (non-hydrogen) atoms. The smallest absolute Gasteiger partial charge is 0.308 e. The van der Waals surface area contributed by atoms with E-state index in [1.807, 2.05) is 26.0 Å². The Morgan fingerprint density at radius 2 is 2.06 bits per heavy atom. The summed E-state index contributed by atoms with van der Waals surface area (Å²) in [6, 6.07) is 3.81. The van der Waals surface area contributed by atoms with Crippen LogP contribution in [0.4, 0.5) is 0 Å². The fraction of sp³-hybridized carbons (Fsp3) is 0.583. The molecule has 0 radical (unpaired) electrons. The summed E-state index contributed by atoms with van der Waals surface area (Å²) >= 11 is 1.51. The van der Waals surface area contributed by atoms with Gasteiger partial charge in [0, 0.05) is 28.4 Å². The first kappa shape index (κ1) is 14.2. The fourth-order valence-corrected chi connectivity index (χ4v) is 2.40. The van der Waals surface area contributed by atoms with E-state index in [0.717, 1.165) is 9.75 Å². The van der Waals surface area contributed by atoms with Gasteiger partial charge in [0.2, 0.25) is 0 Å². The lowest BCUT2D eigenvalue weighted by molar-refractivity contribution is -0.136. The third-order valence-electron chi connectivity index (χ3n) is 2.52. The van der Waals surface area contributed by atoms with Crippen LogP contribution in [-0.2, 0) is 17.8 Å². The van der Waals surface area contributed by atoms with Gasteiger partial charge < -0.3 is 15.5 Å². The topological polar surface area (TPSA) is 69.6 Å². The maximum absolute atomic E-state index is 10.5. The Morgan fingerprint density at radius 3 is 2.65 bits per heavy atom. The summed E-state index contributed by atoms with van der Waals surface area (Å²) in [4.78, 5) is 12.5. The first-order valence-electron chi connectivity index (χ1n) is 5.58. The maximum Gasteiger partial charge on any atom is 0.308 e. The molecule has 1 aromatic rings. The molecule has 0 unspecified atom stereocenters. The van der Waals surface area contributed by atoms with Gasteiger partial charge in [0.05, 0.1) is 6.42 Å². The van der Waals surface area contributed by atoms with E-state index in [2.05, 4.69) is 5.32 Å². The number of carbonyl (C=O) groups is 1. The predicted octanol–water partition coefficient (Wildman–Crippen LogP) is 1.63. The summed E-state index contributed by atoms with van der Waals surface area (Å²) in [5, 5.41) is 20.9.